The van der Waals surface area contributed by atoms with Crippen LogP contribution in [0.5, 0.6) is 0 Å². The Labute approximate surface area is 122 Å². The van der Waals surface area contributed by atoms with Crippen molar-refractivity contribution < 1.29 is 13.6 Å². The molecular weight excluding hydrogens is 274 g/mol. The molecule has 0 aliphatic heterocycles. The predicted octanol–water partition coefficient (Wildman–Crippen LogP) is 4.04. The van der Waals surface area contributed by atoms with Gasteiger partial charge < -0.3 is 10.6 Å². The summed E-state index contributed by atoms with van der Waals surface area (Å²) >= 11 is 0. The molecule has 2 rings (SSSR count). The summed E-state index contributed by atoms with van der Waals surface area (Å²) in [5, 5.41) is 5.42. The van der Waals surface area contributed by atoms with E-state index in [-0.39, 0.29) is 0 Å². The van der Waals surface area contributed by atoms with Crippen LogP contribution in [0, 0.1) is 11.6 Å². The van der Waals surface area contributed by atoms with Crippen LogP contribution in [0.2, 0.25) is 0 Å². The highest BCUT2D eigenvalue weighted by molar-refractivity contribution is 6.04. The molecule has 3 nitrogen and oxygen atoms in total. The number of halogens is 2. The SMILES string of the molecule is CCCNc1ccc(C(=O)Nc2c(F)cccc2F)cc1. The van der Waals surface area contributed by atoms with Gasteiger partial charge in [0.25, 0.3) is 5.91 Å². The Morgan fingerprint density at radius 1 is 1.05 bits per heavy atom. The molecule has 0 radical (unpaired) electrons. The summed E-state index contributed by atoms with van der Waals surface area (Å²) in [6.07, 6.45) is 0.995. The van der Waals surface area contributed by atoms with E-state index in [2.05, 4.69) is 17.6 Å². The van der Waals surface area contributed by atoms with Crippen molar-refractivity contribution >= 4 is 17.3 Å². The van der Waals surface area contributed by atoms with Crippen LogP contribution in [0.25, 0.3) is 0 Å². The van der Waals surface area contributed by atoms with Crippen molar-refractivity contribution in [2.75, 3.05) is 17.2 Å². The van der Waals surface area contributed by atoms with E-state index in [1.807, 2.05) is 0 Å². The molecule has 0 saturated carbocycles. The molecule has 2 aromatic rings. The Hall–Kier alpha value is -2.43. The van der Waals surface area contributed by atoms with Gasteiger partial charge in [-0.15, -0.1) is 0 Å². The number of rotatable bonds is 5. The second kappa shape index (κ2) is 6.83. The highest BCUT2D eigenvalue weighted by Gasteiger charge is 2.13. The number of hydrogen-bond acceptors (Lipinski definition) is 2. The van der Waals surface area contributed by atoms with Gasteiger partial charge in [-0.2, -0.15) is 0 Å². The summed E-state index contributed by atoms with van der Waals surface area (Å²) in [4.78, 5) is 12.0. The van der Waals surface area contributed by atoms with Crippen LogP contribution in [0.15, 0.2) is 42.5 Å². The lowest BCUT2D eigenvalue weighted by Crippen LogP contribution is -2.14. The van der Waals surface area contributed by atoms with Gasteiger partial charge in [-0.25, -0.2) is 8.78 Å². The zero-order chi connectivity index (χ0) is 15.2. The van der Waals surface area contributed by atoms with E-state index in [4.69, 9.17) is 0 Å². The van der Waals surface area contributed by atoms with E-state index in [9.17, 15) is 13.6 Å². The number of para-hydroxylation sites is 1. The minimum absolute atomic E-state index is 0.333. The van der Waals surface area contributed by atoms with Crippen molar-refractivity contribution in [2.24, 2.45) is 0 Å². The Bertz CT molecular complexity index is 606. The summed E-state index contributed by atoms with van der Waals surface area (Å²) in [5.41, 5.74) is 0.792. The van der Waals surface area contributed by atoms with Crippen molar-refractivity contribution in [3.63, 3.8) is 0 Å². The number of anilines is 2. The van der Waals surface area contributed by atoms with Crippen LogP contribution in [-0.2, 0) is 0 Å². The molecule has 0 unspecified atom stereocenters. The number of amides is 1. The van der Waals surface area contributed by atoms with Gasteiger partial charge in [-0.1, -0.05) is 13.0 Å². The van der Waals surface area contributed by atoms with Gasteiger partial charge in [0.05, 0.1) is 0 Å². The second-order valence-corrected chi connectivity index (χ2v) is 4.55. The molecule has 0 atom stereocenters. The van der Waals surface area contributed by atoms with Crippen LogP contribution in [0.4, 0.5) is 20.2 Å². The topological polar surface area (TPSA) is 41.1 Å². The maximum atomic E-state index is 13.5. The molecule has 0 saturated heterocycles. The van der Waals surface area contributed by atoms with Crippen LogP contribution in [-0.4, -0.2) is 12.5 Å². The highest BCUT2D eigenvalue weighted by Crippen LogP contribution is 2.19. The number of carbonyl (C=O) groups is 1. The maximum absolute atomic E-state index is 13.5. The lowest BCUT2D eigenvalue weighted by Gasteiger charge is -2.09. The first-order valence-corrected chi connectivity index (χ1v) is 6.71. The van der Waals surface area contributed by atoms with Crippen molar-refractivity contribution in [2.45, 2.75) is 13.3 Å². The minimum atomic E-state index is -0.801. The molecule has 110 valence electrons. The Morgan fingerprint density at radius 3 is 2.24 bits per heavy atom. The van der Waals surface area contributed by atoms with Crippen molar-refractivity contribution in [3.8, 4) is 0 Å². The zero-order valence-electron chi connectivity index (χ0n) is 11.6. The molecule has 2 N–H and O–H groups in total. The average Bonchev–Trinajstić information content (AvgIpc) is 2.49. The van der Waals surface area contributed by atoms with Crippen molar-refractivity contribution in [3.05, 3.63) is 59.7 Å². The Kier molecular flexibility index (Phi) is 4.87. The quantitative estimate of drug-likeness (QED) is 0.872. The predicted molar refractivity (Wildman–Crippen MR) is 79.5 cm³/mol. The molecule has 0 fully saturated rings. The molecule has 0 aromatic heterocycles. The van der Waals surface area contributed by atoms with Crippen LogP contribution in [0.3, 0.4) is 0 Å². The molecule has 0 aliphatic rings. The van der Waals surface area contributed by atoms with Gasteiger partial charge in [0.2, 0.25) is 0 Å². The van der Waals surface area contributed by atoms with Crippen LogP contribution < -0.4 is 10.6 Å². The van der Waals surface area contributed by atoms with Crippen LogP contribution >= 0.6 is 0 Å². The number of benzene rings is 2. The molecular formula is C16H16F2N2O. The lowest BCUT2D eigenvalue weighted by molar-refractivity contribution is 0.102. The second-order valence-electron chi connectivity index (χ2n) is 4.55. The lowest BCUT2D eigenvalue weighted by atomic mass is 10.2. The van der Waals surface area contributed by atoms with Gasteiger partial charge in [0.1, 0.15) is 17.3 Å². The first-order valence-electron chi connectivity index (χ1n) is 6.71. The van der Waals surface area contributed by atoms with Gasteiger partial charge in [-0.3, -0.25) is 4.79 Å². The normalized spacial score (nSPS) is 10.2. The average molecular weight is 290 g/mol. The molecule has 0 bridgehead atoms. The maximum Gasteiger partial charge on any atom is 0.255 e. The molecule has 0 heterocycles. The minimum Gasteiger partial charge on any atom is -0.385 e. The molecule has 0 aliphatic carbocycles. The Morgan fingerprint density at radius 2 is 1.67 bits per heavy atom. The van der Waals surface area contributed by atoms with Crippen molar-refractivity contribution in [1.29, 1.82) is 0 Å². The first-order chi connectivity index (χ1) is 10.1. The highest BCUT2D eigenvalue weighted by atomic mass is 19.1. The summed E-state index contributed by atoms with van der Waals surface area (Å²) in [5.74, 6) is -2.16. The number of nitrogens with one attached hydrogen (secondary N) is 2. The van der Waals surface area contributed by atoms with E-state index in [0.717, 1.165) is 30.8 Å². The van der Waals surface area contributed by atoms with E-state index in [1.165, 1.54) is 6.07 Å². The van der Waals surface area contributed by atoms with Gasteiger partial charge in [0, 0.05) is 17.8 Å². The molecule has 0 spiro atoms. The fourth-order valence-corrected chi connectivity index (χ4v) is 1.81. The largest absolute Gasteiger partial charge is 0.385 e. The third-order valence-electron chi connectivity index (χ3n) is 2.93. The van der Waals surface area contributed by atoms with Gasteiger partial charge >= 0.3 is 0 Å². The molecule has 21 heavy (non-hydrogen) atoms. The van der Waals surface area contributed by atoms with E-state index < -0.39 is 23.2 Å². The number of hydrogen-bond donors (Lipinski definition) is 2. The monoisotopic (exact) mass is 290 g/mol. The third kappa shape index (κ3) is 3.78. The zero-order valence-corrected chi connectivity index (χ0v) is 11.6. The van der Waals surface area contributed by atoms with Gasteiger partial charge in [0.15, 0.2) is 0 Å². The molecule has 2 aromatic carbocycles. The summed E-state index contributed by atoms with van der Waals surface area (Å²) in [6, 6.07) is 10.1. The fraction of sp³-hybridized carbons (Fsp3) is 0.188. The van der Waals surface area contributed by atoms with E-state index in [1.54, 1.807) is 24.3 Å². The summed E-state index contributed by atoms with van der Waals surface area (Å²) < 4.78 is 26.9. The Balaban J connectivity index is 2.10. The third-order valence-corrected chi connectivity index (χ3v) is 2.93. The first kappa shape index (κ1) is 15.0. The molecule has 1 amide bonds. The summed E-state index contributed by atoms with van der Waals surface area (Å²) in [6.45, 7) is 2.89. The van der Waals surface area contributed by atoms with Crippen LogP contribution in [0.1, 0.15) is 23.7 Å². The van der Waals surface area contributed by atoms with E-state index in [0.29, 0.717) is 5.56 Å². The standard InChI is InChI=1S/C16H16F2N2O/c1-2-10-19-12-8-6-11(7-9-12)16(21)20-15-13(17)4-3-5-14(15)18/h3-9,19H,2,10H2,1H3,(H,20,21). The fourth-order valence-electron chi connectivity index (χ4n) is 1.81. The van der Waals surface area contributed by atoms with E-state index >= 15 is 0 Å². The van der Waals surface area contributed by atoms with Crippen molar-refractivity contribution in [1.82, 2.24) is 0 Å². The smallest absolute Gasteiger partial charge is 0.255 e. The number of carbonyl (C=O) groups excluding carboxylic acids is 1. The van der Waals surface area contributed by atoms with Gasteiger partial charge in [-0.05, 0) is 42.8 Å². The summed E-state index contributed by atoms with van der Waals surface area (Å²) in [7, 11) is 0. The molecule has 5 heteroatoms.